The van der Waals surface area contributed by atoms with Crippen LogP contribution < -0.4 is 5.32 Å². The van der Waals surface area contributed by atoms with Crippen molar-refractivity contribution in [3.63, 3.8) is 0 Å². The third-order valence-corrected chi connectivity index (χ3v) is 6.26. The number of aryl methyl sites for hydroxylation is 2. The van der Waals surface area contributed by atoms with Crippen molar-refractivity contribution in [1.82, 2.24) is 15.2 Å². The number of amides is 2. The maximum atomic E-state index is 13.1. The van der Waals surface area contributed by atoms with Crippen LogP contribution in [0.1, 0.15) is 47.3 Å². The number of fused-ring (bicyclic) bond motifs is 1. The molecule has 1 aromatic carbocycles. The molecule has 2 amide bonds. The third-order valence-electron chi connectivity index (χ3n) is 5.39. The number of piperazine rings is 1. The molecule has 1 saturated heterocycles. The van der Waals surface area contributed by atoms with Crippen LogP contribution in [0.25, 0.3) is 10.6 Å². The van der Waals surface area contributed by atoms with Gasteiger partial charge in [-0.2, -0.15) is 0 Å². The van der Waals surface area contributed by atoms with Gasteiger partial charge >= 0.3 is 0 Å². The van der Waals surface area contributed by atoms with E-state index in [0.717, 1.165) is 41.8 Å². The Kier molecular flexibility index (Phi) is 4.53. The summed E-state index contributed by atoms with van der Waals surface area (Å²) >= 11 is 1.49. The molecule has 2 unspecified atom stereocenters. The molecule has 0 spiro atoms. The molecule has 2 aromatic rings. The van der Waals surface area contributed by atoms with Crippen LogP contribution in [0.3, 0.4) is 0 Å². The van der Waals surface area contributed by atoms with Crippen LogP contribution in [0.5, 0.6) is 0 Å². The second kappa shape index (κ2) is 6.83. The number of nitrogens with one attached hydrogen (secondary N) is 1. The first-order chi connectivity index (χ1) is 12.5. The summed E-state index contributed by atoms with van der Waals surface area (Å²) in [5.41, 5.74) is 3.88. The fraction of sp³-hybridized carbons (Fsp3) is 0.450. The van der Waals surface area contributed by atoms with E-state index in [1.54, 1.807) is 4.90 Å². The number of carbonyl (C=O) groups excluding carboxylic acids is 2. The summed E-state index contributed by atoms with van der Waals surface area (Å²) in [5, 5.41) is 5.72. The molecule has 2 heterocycles. The van der Waals surface area contributed by atoms with Crippen molar-refractivity contribution in [3.8, 4) is 10.6 Å². The molecule has 1 aliphatic heterocycles. The van der Waals surface area contributed by atoms with Gasteiger partial charge in [0.1, 0.15) is 17.2 Å². The van der Waals surface area contributed by atoms with Crippen molar-refractivity contribution in [2.45, 2.75) is 51.6 Å². The molecule has 2 aliphatic rings. The van der Waals surface area contributed by atoms with Gasteiger partial charge in [-0.3, -0.25) is 9.59 Å². The van der Waals surface area contributed by atoms with Crippen LogP contribution in [0, 0.1) is 13.8 Å². The van der Waals surface area contributed by atoms with E-state index < -0.39 is 0 Å². The molecule has 1 aliphatic carbocycles. The average Bonchev–Trinajstić information content (AvgIpc) is 3.10. The summed E-state index contributed by atoms with van der Waals surface area (Å²) in [7, 11) is 0. The number of nitrogens with zero attached hydrogens (tertiary/aromatic N) is 2. The van der Waals surface area contributed by atoms with Crippen LogP contribution in [0.4, 0.5) is 0 Å². The molecule has 1 N–H and O–H groups in total. The van der Waals surface area contributed by atoms with E-state index in [-0.39, 0.29) is 30.4 Å². The summed E-state index contributed by atoms with van der Waals surface area (Å²) in [6, 6.07) is 6.43. The number of rotatable bonds is 2. The molecule has 0 radical (unpaired) electrons. The first-order valence-electron chi connectivity index (χ1n) is 9.16. The Hall–Kier alpha value is -2.21. The zero-order valence-corrected chi connectivity index (χ0v) is 15.9. The summed E-state index contributed by atoms with van der Waals surface area (Å²) in [4.78, 5) is 31.5. The van der Waals surface area contributed by atoms with Gasteiger partial charge in [0.05, 0.1) is 6.04 Å². The van der Waals surface area contributed by atoms with Gasteiger partial charge < -0.3 is 10.2 Å². The predicted octanol–water partition coefficient (Wildman–Crippen LogP) is 3.31. The molecule has 5 nitrogen and oxygen atoms in total. The van der Waals surface area contributed by atoms with Gasteiger partial charge in [-0.15, -0.1) is 11.3 Å². The molecule has 2 fully saturated rings. The smallest absolute Gasteiger partial charge is 0.274 e. The zero-order valence-electron chi connectivity index (χ0n) is 15.1. The standard InChI is InChI=1S/C20H23N3O2S/c1-12-7-8-14(13(2)9-12)19-22-16(11-26-19)20(25)23-10-18(24)21-15-5-3-4-6-17(15)23/h7-9,11,15,17H,3-6,10H2,1-2H3,(H,21,24). The molecule has 0 bridgehead atoms. The van der Waals surface area contributed by atoms with E-state index in [0.29, 0.717) is 5.69 Å². The molecule has 26 heavy (non-hydrogen) atoms. The molecule has 136 valence electrons. The van der Waals surface area contributed by atoms with Gasteiger partial charge in [-0.1, -0.05) is 36.6 Å². The normalized spacial score (nSPS) is 22.7. The predicted molar refractivity (Wildman–Crippen MR) is 102 cm³/mol. The van der Waals surface area contributed by atoms with Gasteiger partial charge in [-0.05, 0) is 32.3 Å². The van der Waals surface area contributed by atoms with Crippen LogP contribution in [0.15, 0.2) is 23.6 Å². The summed E-state index contributed by atoms with van der Waals surface area (Å²) < 4.78 is 0. The molecular formula is C20H23N3O2S. The van der Waals surface area contributed by atoms with Gasteiger partial charge in [0.2, 0.25) is 5.91 Å². The van der Waals surface area contributed by atoms with E-state index in [4.69, 9.17) is 0 Å². The van der Waals surface area contributed by atoms with Crippen LogP contribution in [-0.2, 0) is 4.79 Å². The topological polar surface area (TPSA) is 62.3 Å². The van der Waals surface area contributed by atoms with Crippen molar-refractivity contribution in [1.29, 1.82) is 0 Å². The van der Waals surface area contributed by atoms with Crippen molar-refractivity contribution < 1.29 is 9.59 Å². The van der Waals surface area contributed by atoms with Crippen molar-refractivity contribution in [2.24, 2.45) is 0 Å². The number of carbonyl (C=O) groups is 2. The fourth-order valence-electron chi connectivity index (χ4n) is 4.10. The Morgan fingerprint density at radius 2 is 2.08 bits per heavy atom. The highest BCUT2D eigenvalue weighted by molar-refractivity contribution is 7.13. The highest BCUT2D eigenvalue weighted by atomic mass is 32.1. The average molecular weight is 369 g/mol. The summed E-state index contributed by atoms with van der Waals surface area (Å²) in [5.74, 6) is -0.185. The maximum absolute atomic E-state index is 13.1. The Labute approximate surface area is 157 Å². The first-order valence-corrected chi connectivity index (χ1v) is 10.0. The lowest BCUT2D eigenvalue weighted by Gasteiger charge is -2.43. The quantitative estimate of drug-likeness (QED) is 0.883. The molecule has 1 aromatic heterocycles. The monoisotopic (exact) mass is 369 g/mol. The highest BCUT2D eigenvalue weighted by Gasteiger charge is 2.39. The fourth-order valence-corrected chi connectivity index (χ4v) is 4.98. The minimum Gasteiger partial charge on any atom is -0.350 e. The molecular weight excluding hydrogens is 346 g/mol. The van der Waals surface area contributed by atoms with E-state index in [1.165, 1.54) is 16.9 Å². The first kappa shape index (κ1) is 17.2. The largest absolute Gasteiger partial charge is 0.350 e. The minimum absolute atomic E-state index is 0.0636. The Balaban J connectivity index is 1.60. The Morgan fingerprint density at radius 3 is 2.88 bits per heavy atom. The van der Waals surface area contributed by atoms with Gasteiger partial charge in [-0.25, -0.2) is 4.98 Å². The number of aromatic nitrogens is 1. The lowest BCUT2D eigenvalue weighted by Crippen LogP contribution is -2.62. The van der Waals surface area contributed by atoms with Crippen LogP contribution in [0.2, 0.25) is 0 Å². The van der Waals surface area contributed by atoms with Gasteiger partial charge in [0.15, 0.2) is 0 Å². The third kappa shape index (κ3) is 3.14. The Bertz CT molecular complexity index is 860. The number of hydrogen-bond donors (Lipinski definition) is 1. The minimum atomic E-state index is -0.121. The number of thiazole rings is 1. The number of benzene rings is 1. The van der Waals surface area contributed by atoms with Crippen LogP contribution in [-0.4, -0.2) is 40.3 Å². The Morgan fingerprint density at radius 1 is 1.27 bits per heavy atom. The van der Waals surface area contributed by atoms with Gasteiger partial charge in [0, 0.05) is 17.0 Å². The zero-order chi connectivity index (χ0) is 18.3. The van der Waals surface area contributed by atoms with E-state index in [1.807, 2.05) is 5.38 Å². The maximum Gasteiger partial charge on any atom is 0.274 e. The lowest BCUT2D eigenvalue weighted by molar-refractivity contribution is -0.127. The second-order valence-corrected chi connectivity index (χ2v) is 8.17. The number of hydrogen-bond acceptors (Lipinski definition) is 4. The lowest BCUT2D eigenvalue weighted by atomic mass is 9.87. The molecule has 2 atom stereocenters. The second-order valence-electron chi connectivity index (χ2n) is 7.32. The van der Waals surface area contributed by atoms with Crippen molar-refractivity contribution in [2.75, 3.05) is 6.54 Å². The molecule has 4 rings (SSSR count). The summed E-state index contributed by atoms with van der Waals surface area (Å²) in [6.45, 7) is 4.26. The van der Waals surface area contributed by atoms with Gasteiger partial charge in [0.25, 0.3) is 5.91 Å². The van der Waals surface area contributed by atoms with E-state index >= 15 is 0 Å². The molecule has 6 heteroatoms. The van der Waals surface area contributed by atoms with Crippen molar-refractivity contribution in [3.05, 3.63) is 40.4 Å². The highest BCUT2D eigenvalue weighted by Crippen LogP contribution is 2.30. The summed E-state index contributed by atoms with van der Waals surface area (Å²) in [6.07, 6.45) is 4.11. The molecule has 1 saturated carbocycles. The SMILES string of the molecule is Cc1ccc(-c2nc(C(=O)N3CC(=O)NC4CCCCC43)cs2)c(C)c1. The van der Waals surface area contributed by atoms with E-state index in [2.05, 4.69) is 42.3 Å². The van der Waals surface area contributed by atoms with Crippen LogP contribution >= 0.6 is 11.3 Å². The van der Waals surface area contributed by atoms with E-state index in [9.17, 15) is 9.59 Å². The van der Waals surface area contributed by atoms with Crippen molar-refractivity contribution >= 4 is 23.2 Å².